The number of carboxylic acids is 1. The van der Waals surface area contributed by atoms with E-state index in [9.17, 15) is 4.79 Å². The van der Waals surface area contributed by atoms with Gasteiger partial charge in [0.1, 0.15) is 0 Å². The predicted molar refractivity (Wildman–Crippen MR) is 57.9 cm³/mol. The number of carboxylic acid groups (broad SMARTS) is 1. The highest BCUT2D eigenvalue weighted by atomic mass is 16.4. The summed E-state index contributed by atoms with van der Waals surface area (Å²) in [6, 6.07) is 6.28. The lowest BCUT2D eigenvalue weighted by Gasteiger charge is -2.25. The van der Waals surface area contributed by atoms with Crippen molar-refractivity contribution in [2.45, 2.75) is 25.8 Å². The molecule has 1 aromatic carbocycles. The van der Waals surface area contributed by atoms with Crippen LogP contribution in [0.15, 0.2) is 18.2 Å². The van der Waals surface area contributed by atoms with Crippen LogP contribution in [0.2, 0.25) is 0 Å². The van der Waals surface area contributed by atoms with Crippen LogP contribution in [0, 0.1) is 6.92 Å². The second-order valence-electron chi connectivity index (χ2n) is 4.13. The van der Waals surface area contributed by atoms with Gasteiger partial charge in [0.15, 0.2) is 0 Å². The summed E-state index contributed by atoms with van der Waals surface area (Å²) >= 11 is 0. The summed E-state index contributed by atoms with van der Waals surface area (Å²) < 4.78 is 0. The first-order chi connectivity index (χ1) is 7.16. The quantitative estimate of drug-likeness (QED) is 0.772. The Bertz CT molecular complexity index is 387. The fourth-order valence-electron chi connectivity index (χ4n) is 2.14. The Balaban J connectivity index is 2.32. The van der Waals surface area contributed by atoms with Crippen LogP contribution in [0.3, 0.4) is 0 Å². The zero-order chi connectivity index (χ0) is 10.8. The number of rotatable bonds is 2. The van der Waals surface area contributed by atoms with Crippen molar-refractivity contribution >= 4 is 5.97 Å². The number of nitrogens with one attached hydrogen (secondary N) is 1. The maximum atomic E-state index is 10.7. The summed E-state index contributed by atoms with van der Waals surface area (Å²) in [5.74, 6) is -0.609. The monoisotopic (exact) mass is 205 g/mol. The highest BCUT2D eigenvalue weighted by molar-refractivity contribution is 5.68. The van der Waals surface area contributed by atoms with Gasteiger partial charge in [0.05, 0.1) is 6.42 Å². The first-order valence-electron chi connectivity index (χ1n) is 5.19. The third kappa shape index (κ3) is 2.18. The second kappa shape index (κ2) is 4.03. The SMILES string of the molecule is Cc1ccc2c(c1)C(CC(=O)O)CNC2. The van der Waals surface area contributed by atoms with E-state index in [-0.39, 0.29) is 12.3 Å². The van der Waals surface area contributed by atoms with E-state index in [1.807, 2.05) is 6.92 Å². The number of hydrogen-bond donors (Lipinski definition) is 2. The maximum Gasteiger partial charge on any atom is 0.304 e. The minimum Gasteiger partial charge on any atom is -0.481 e. The highest BCUT2D eigenvalue weighted by Crippen LogP contribution is 2.27. The molecular weight excluding hydrogens is 190 g/mol. The number of hydrogen-bond acceptors (Lipinski definition) is 2. The smallest absolute Gasteiger partial charge is 0.304 e. The van der Waals surface area contributed by atoms with Gasteiger partial charge in [-0.1, -0.05) is 23.8 Å². The van der Waals surface area contributed by atoms with Crippen molar-refractivity contribution in [3.8, 4) is 0 Å². The molecule has 1 aliphatic rings. The number of carbonyl (C=O) groups is 1. The molecule has 0 radical (unpaired) electrons. The summed E-state index contributed by atoms with van der Waals surface area (Å²) in [7, 11) is 0. The van der Waals surface area contributed by atoms with Crippen LogP contribution in [0.25, 0.3) is 0 Å². The molecule has 0 amide bonds. The summed E-state index contributed by atoms with van der Waals surface area (Å²) in [6.45, 7) is 3.66. The van der Waals surface area contributed by atoms with Crippen molar-refractivity contribution in [1.29, 1.82) is 0 Å². The molecular formula is C12H15NO2. The molecule has 1 unspecified atom stereocenters. The predicted octanol–water partition coefficient (Wildman–Crippen LogP) is 1.66. The molecule has 0 aliphatic carbocycles. The van der Waals surface area contributed by atoms with Crippen molar-refractivity contribution in [3.63, 3.8) is 0 Å². The lowest BCUT2D eigenvalue weighted by atomic mass is 9.87. The molecule has 1 aliphatic heterocycles. The number of fused-ring (bicyclic) bond motifs is 1. The van der Waals surface area contributed by atoms with Gasteiger partial charge < -0.3 is 10.4 Å². The molecule has 0 aromatic heterocycles. The maximum absolute atomic E-state index is 10.7. The van der Waals surface area contributed by atoms with E-state index < -0.39 is 5.97 Å². The van der Waals surface area contributed by atoms with E-state index in [2.05, 4.69) is 23.5 Å². The largest absolute Gasteiger partial charge is 0.481 e. The van der Waals surface area contributed by atoms with Gasteiger partial charge in [0, 0.05) is 19.0 Å². The number of aryl methyl sites for hydroxylation is 1. The number of benzene rings is 1. The lowest BCUT2D eigenvalue weighted by molar-refractivity contribution is -0.137. The summed E-state index contributed by atoms with van der Waals surface area (Å²) in [6.07, 6.45) is 0.212. The summed E-state index contributed by atoms with van der Waals surface area (Å²) in [5.41, 5.74) is 3.64. The Morgan fingerprint density at radius 1 is 1.60 bits per heavy atom. The zero-order valence-electron chi connectivity index (χ0n) is 8.79. The Morgan fingerprint density at radius 2 is 2.40 bits per heavy atom. The van der Waals surface area contributed by atoms with Crippen molar-refractivity contribution in [1.82, 2.24) is 5.32 Å². The Labute approximate surface area is 89.1 Å². The zero-order valence-corrected chi connectivity index (χ0v) is 8.79. The van der Waals surface area contributed by atoms with Gasteiger partial charge in [-0.15, -0.1) is 0 Å². The lowest BCUT2D eigenvalue weighted by Crippen LogP contribution is -2.29. The summed E-state index contributed by atoms with van der Waals surface area (Å²) in [5, 5.41) is 12.1. The third-order valence-corrected chi connectivity index (χ3v) is 2.87. The molecule has 0 saturated heterocycles. The van der Waals surface area contributed by atoms with E-state index in [4.69, 9.17) is 5.11 Å². The highest BCUT2D eigenvalue weighted by Gasteiger charge is 2.21. The fraction of sp³-hybridized carbons (Fsp3) is 0.417. The van der Waals surface area contributed by atoms with Crippen LogP contribution >= 0.6 is 0 Å². The van der Waals surface area contributed by atoms with Crippen molar-refractivity contribution < 1.29 is 9.90 Å². The van der Waals surface area contributed by atoms with Crippen molar-refractivity contribution in [3.05, 3.63) is 34.9 Å². The molecule has 0 bridgehead atoms. The minimum atomic E-state index is -0.726. The molecule has 2 rings (SSSR count). The molecule has 3 nitrogen and oxygen atoms in total. The third-order valence-electron chi connectivity index (χ3n) is 2.87. The van der Waals surface area contributed by atoms with E-state index in [1.165, 1.54) is 16.7 Å². The first kappa shape index (κ1) is 10.2. The van der Waals surface area contributed by atoms with Gasteiger partial charge in [-0.3, -0.25) is 4.79 Å². The van der Waals surface area contributed by atoms with Crippen molar-refractivity contribution in [2.24, 2.45) is 0 Å². The normalized spacial score (nSPS) is 19.7. The number of aliphatic carboxylic acids is 1. The molecule has 1 atom stereocenters. The minimum absolute atomic E-state index is 0.117. The Hall–Kier alpha value is -1.35. The molecule has 0 saturated carbocycles. The van der Waals surface area contributed by atoms with Crippen molar-refractivity contribution in [2.75, 3.05) is 6.54 Å². The summed E-state index contributed by atoms with van der Waals surface area (Å²) in [4.78, 5) is 10.7. The topological polar surface area (TPSA) is 49.3 Å². The molecule has 1 heterocycles. The average Bonchev–Trinajstić information content (AvgIpc) is 2.18. The molecule has 0 fully saturated rings. The van der Waals surface area contributed by atoms with Crippen LogP contribution in [-0.4, -0.2) is 17.6 Å². The standard InChI is InChI=1S/C12H15NO2/c1-8-2-3-9-6-13-7-10(5-12(14)15)11(9)4-8/h2-4,10,13H,5-7H2,1H3,(H,14,15). The molecule has 0 spiro atoms. The van der Waals surface area contributed by atoms with Crippen LogP contribution in [-0.2, 0) is 11.3 Å². The Kier molecular flexibility index (Phi) is 2.73. The van der Waals surface area contributed by atoms with Gasteiger partial charge in [-0.05, 0) is 18.1 Å². The van der Waals surface area contributed by atoms with Crippen LogP contribution < -0.4 is 5.32 Å². The van der Waals surface area contributed by atoms with Gasteiger partial charge in [0.25, 0.3) is 0 Å². The van der Waals surface area contributed by atoms with Crippen LogP contribution in [0.5, 0.6) is 0 Å². The van der Waals surface area contributed by atoms with E-state index in [0.717, 1.165) is 13.1 Å². The molecule has 2 N–H and O–H groups in total. The van der Waals surface area contributed by atoms with Crippen LogP contribution in [0.1, 0.15) is 29.0 Å². The second-order valence-corrected chi connectivity index (χ2v) is 4.13. The van der Waals surface area contributed by atoms with E-state index >= 15 is 0 Å². The van der Waals surface area contributed by atoms with Gasteiger partial charge in [-0.25, -0.2) is 0 Å². The molecule has 1 aromatic rings. The van der Waals surface area contributed by atoms with Gasteiger partial charge in [-0.2, -0.15) is 0 Å². The van der Waals surface area contributed by atoms with E-state index in [1.54, 1.807) is 0 Å². The van der Waals surface area contributed by atoms with Gasteiger partial charge in [0.2, 0.25) is 0 Å². The van der Waals surface area contributed by atoms with Crippen LogP contribution in [0.4, 0.5) is 0 Å². The average molecular weight is 205 g/mol. The molecule has 80 valence electrons. The Morgan fingerprint density at radius 3 is 3.13 bits per heavy atom. The van der Waals surface area contributed by atoms with Gasteiger partial charge >= 0.3 is 5.97 Å². The molecule has 15 heavy (non-hydrogen) atoms. The van der Waals surface area contributed by atoms with E-state index in [0.29, 0.717) is 0 Å². The molecule has 3 heteroatoms. The fourth-order valence-corrected chi connectivity index (χ4v) is 2.14. The first-order valence-corrected chi connectivity index (χ1v) is 5.19.